The molecule has 1 fully saturated rings. The highest BCUT2D eigenvalue weighted by molar-refractivity contribution is 7.80. The molecule has 0 aromatic carbocycles. The van der Waals surface area contributed by atoms with E-state index in [1.54, 1.807) is 0 Å². The van der Waals surface area contributed by atoms with E-state index in [0.29, 0.717) is 4.99 Å². The van der Waals surface area contributed by atoms with Crippen molar-refractivity contribution in [3.63, 3.8) is 0 Å². The maximum absolute atomic E-state index is 5.99. The molecule has 110 valence electrons. The van der Waals surface area contributed by atoms with Crippen molar-refractivity contribution in [3.05, 3.63) is 16.8 Å². The molecule has 0 aliphatic heterocycles. The summed E-state index contributed by atoms with van der Waals surface area (Å²) in [5.74, 6) is 1.67. The van der Waals surface area contributed by atoms with Gasteiger partial charge in [-0.15, -0.1) is 5.10 Å². The highest BCUT2D eigenvalue weighted by Crippen LogP contribution is 2.32. The number of aromatic nitrogens is 2. The van der Waals surface area contributed by atoms with Crippen LogP contribution in [0.15, 0.2) is 0 Å². The fourth-order valence-corrected chi connectivity index (χ4v) is 2.83. The van der Waals surface area contributed by atoms with E-state index in [-0.39, 0.29) is 0 Å². The summed E-state index contributed by atoms with van der Waals surface area (Å²) >= 11 is 5.29. The van der Waals surface area contributed by atoms with E-state index in [0.717, 1.165) is 48.9 Å². The number of hydrogen-bond acceptors (Lipinski definition) is 4. The zero-order valence-electron chi connectivity index (χ0n) is 12.6. The van der Waals surface area contributed by atoms with Gasteiger partial charge < -0.3 is 10.6 Å². The highest BCUT2D eigenvalue weighted by Gasteiger charge is 2.27. The molecule has 0 saturated heterocycles. The molecule has 4 nitrogen and oxygen atoms in total. The monoisotopic (exact) mass is 292 g/mol. The average Bonchev–Trinajstić information content (AvgIpc) is 3.26. The van der Waals surface area contributed by atoms with Crippen LogP contribution in [-0.2, 0) is 12.8 Å². The maximum atomic E-state index is 5.99. The predicted octanol–water partition coefficient (Wildman–Crippen LogP) is 2.47. The largest absolute Gasteiger partial charge is 0.389 e. The molecule has 0 unspecified atom stereocenters. The van der Waals surface area contributed by atoms with Gasteiger partial charge in [-0.3, -0.25) is 0 Å². The van der Waals surface area contributed by atoms with Crippen molar-refractivity contribution in [2.24, 2.45) is 11.7 Å². The Hall–Kier alpha value is -1.23. The average molecular weight is 292 g/mol. The lowest BCUT2D eigenvalue weighted by atomic mass is 10.0. The summed E-state index contributed by atoms with van der Waals surface area (Å²) < 4.78 is 0. The lowest BCUT2D eigenvalue weighted by Gasteiger charge is -2.25. The summed E-state index contributed by atoms with van der Waals surface area (Å²) in [5, 5.41) is 8.84. The Kier molecular flexibility index (Phi) is 4.91. The number of hydrogen-bond donors (Lipinski definition) is 1. The predicted molar refractivity (Wildman–Crippen MR) is 87.3 cm³/mol. The lowest BCUT2D eigenvalue weighted by Crippen LogP contribution is -2.31. The van der Waals surface area contributed by atoms with Crippen molar-refractivity contribution >= 4 is 23.0 Å². The van der Waals surface area contributed by atoms with Crippen LogP contribution in [0.3, 0.4) is 0 Å². The van der Waals surface area contributed by atoms with Gasteiger partial charge in [-0.25, -0.2) is 0 Å². The van der Waals surface area contributed by atoms with Gasteiger partial charge in [0, 0.05) is 13.1 Å². The molecule has 20 heavy (non-hydrogen) atoms. The van der Waals surface area contributed by atoms with Crippen LogP contribution in [0.2, 0.25) is 0 Å². The standard InChI is InChI=1S/C15H24N4S/c1-4-11-12(5-2)17-18-15(13(11)14(16)20)19(6-3)9-10-7-8-10/h10H,4-9H2,1-3H3,(H2,16,20). The quantitative estimate of drug-likeness (QED) is 0.782. The molecule has 1 saturated carbocycles. The molecule has 2 N–H and O–H groups in total. The first-order chi connectivity index (χ1) is 9.62. The van der Waals surface area contributed by atoms with Crippen molar-refractivity contribution in [1.82, 2.24) is 10.2 Å². The summed E-state index contributed by atoms with van der Waals surface area (Å²) in [6, 6.07) is 0. The molecule has 0 radical (unpaired) electrons. The highest BCUT2D eigenvalue weighted by atomic mass is 32.1. The minimum atomic E-state index is 0.440. The van der Waals surface area contributed by atoms with E-state index in [2.05, 4.69) is 35.9 Å². The van der Waals surface area contributed by atoms with Gasteiger partial charge in [0.2, 0.25) is 0 Å². The smallest absolute Gasteiger partial charge is 0.161 e. The van der Waals surface area contributed by atoms with E-state index in [9.17, 15) is 0 Å². The first-order valence-electron chi connectivity index (χ1n) is 7.55. The second-order valence-corrected chi connectivity index (χ2v) is 5.82. The van der Waals surface area contributed by atoms with Crippen molar-refractivity contribution in [3.8, 4) is 0 Å². The normalized spacial score (nSPS) is 14.3. The lowest BCUT2D eigenvalue weighted by molar-refractivity contribution is 0.716. The van der Waals surface area contributed by atoms with Gasteiger partial charge >= 0.3 is 0 Å². The molecule has 5 heteroatoms. The van der Waals surface area contributed by atoms with Gasteiger partial charge in [0.25, 0.3) is 0 Å². The van der Waals surface area contributed by atoms with E-state index in [1.807, 2.05) is 0 Å². The van der Waals surface area contributed by atoms with E-state index in [1.165, 1.54) is 18.4 Å². The Balaban J connectivity index is 2.47. The molecule has 0 spiro atoms. The second kappa shape index (κ2) is 6.48. The fourth-order valence-electron chi connectivity index (χ4n) is 2.62. The van der Waals surface area contributed by atoms with Crippen LogP contribution in [0.5, 0.6) is 0 Å². The van der Waals surface area contributed by atoms with Crippen molar-refractivity contribution in [2.45, 2.75) is 46.5 Å². The van der Waals surface area contributed by atoms with Crippen LogP contribution < -0.4 is 10.6 Å². The van der Waals surface area contributed by atoms with E-state index in [4.69, 9.17) is 18.0 Å². The molecule has 1 aliphatic carbocycles. The van der Waals surface area contributed by atoms with Gasteiger partial charge in [0.05, 0.1) is 11.3 Å². The molecular formula is C15H24N4S. The summed E-state index contributed by atoms with van der Waals surface area (Å²) in [5.41, 5.74) is 9.11. The Labute approximate surface area is 126 Å². The topological polar surface area (TPSA) is 55.0 Å². The third-order valence-corrected chi connectivity index (χ3v) is 4.13. The van der Waals surface area contributed by atoms with Crippen LogP contribution in [0.1, 0.15) is 50.4 Å². The summed E-state index contributed by atoms with van der Waals surface area (Å²) in [4.78, 5) is 2.72. The SMILES string of the molecule is CCc1nnc(N(CC)CC2CC2)c(C(N)=S)c1CC. The van der Waals surface area contributed by atoms with Gasteiger partial charge in [-0.05, 0) is 44.1 Å². The number of aryl methyl sites for hydroxylation is 1. The van der Waals surface area contributed by atoms with Crippen LogP contribution in [0.25, 0.3) is 0 Å². The zero-order chi connectivity index (χ0) is 14.7. The Bertz CT molecular complexity index is 497. The number of nitrogens with two attached hydrogens (primary N) is 1. The van der Waals surface area contributed by atoms with Gasteiger partial charge in [-0.2, -0.15) is 5.10 Å². The summed E-state index contributed by atoms with van der Waals surface area (Å²) in [6.45, 7) is 8.31. The Morgan fingerprint density at radius 1 is 1.25 bits per heavy atom. The van der Waals surface area contributed by atoms with Crippen LogP contribution >= 0.6 is 12.2 Å². The van der Waals surface area contributed by atoms with Crippen molar-refractivity contribution < 1.29 is 0 Å². The third kappa shape index (κ3) is 3.08. The van der Waals surface area contributed by atoms with Crippen LogP contribution in [0, 0.1) is 5.92 Å². The van der Waals surface area contributed by atoms with E-state index < -0.39 is 0 Å². The number of rotatable bonds is 7. The summed E-state index contributed by atoms with van der Waals surface area (Å²) in [7, 11) is 0. The van der Waals surface area contributed by atoms with Gasteiger partial charge in [-0.1, -0.05) is 26.1 Å². The number of thiocarbonyl (C=S) groups is 1. The molecule has 0 bridgehead atoms. The minimum Gasteiger partial charge on any atom is -0.389 e. The maximum Gasteiger partial charge on any atom is 0.161 e. The molecular weight excluding hydrogens is 268 g/mol. The fraction of sp³-hybridized carbons (Fsp3) is 0.667. The molecule has 1 heterocycles. The summed E-state index contributed by atoms with van der Waals surface area (Å²) in [6.07, 6.45) is 4.39. The molecule has 0 amide bonds. The molecule has 2 rings (SSSR count). The minimum absolute atomic E-state index is 0.440. The third-order valence-electron chi connectivity index (χ3n) is 3.93. The number of nitrogens with zero attached hydrogens (tertiary/aromatic N) is 3. The van der Waals surface area contributed by atoms with Crippen molar-refractivity contribution in [2.75, 3.05) is 18.0 Å². The van der Waals surface area contributed by atoms with Gasteiger partial charge in [0.1, 0.15) is 4.99 Å². The zero-order valence-corrected chi connectivity index (χ0v) is 13.5. The molecule has 0 atom stereocenters. The van der Waals surface area contributed by atoms with E-state index >= 15 is 0 Å². The molecule has 1 aliphatic rings. The first-order valence-corrected chi connectivity index (χ1v) is 7.96. The van der Waals surface area contributed by atoms with Gasteiger partial charge in [0.15, 0.2) is 5.82 Å². The number of anilines is 1. The van der Waals surface area contributed by atoms with Crippen LogP contribution in [-0.4, -0.2) is 28.3 Å². The Morgan fingerprint density at radius 3 is 2.40 bits per heavy atom. The molecule has 1 aromatic heterocycles. The second-order valence-electron chi connectivity index (χ2n) is 5.38. The Morgan fingerprint density at radius 2 is 1.95 bits per heavy atom. The van der Waals surface area contributed by atoms with Crippen molar-refractivity contribution in [1.29, 1.82) is 0 Å². The first kappa shape index (κ1) is 15.2. The molecule has 1 aromatic rings. The van der Waals surface area contributed by atoms with Crippen LogP contribution in [0.4, 0.5) is 5.82 Å².